The lowest BCUT2D eigenvalue weighted by Gasteiger charge is -2.28. The number of rotatable bonds is 7. The molecule has 7 nitrogen and oxygen atoms in total. The Kier molecular flexibility index (Phi) is 6.55. The number of likely N-dealkylation sites (tertiary alicyclic amines) is 1. The second-order valence-electron chi connectivity index (χ2n) is 8.21. The molecule has 1 fully saturated rings. The summed E-state index contributed by atoms with van der Waals surface area (Å²) in [6, 6.07) is 3.92. The monoisotopic (exact) mass is 418 g/mol. The number of likely N-dealkylation sites (N-methyl/N-ethyl adjacent to an activating group) is 1. The first-order valence-electron chi connectivity index (χ1n) is 9.89. The summed E-state index contributed by atoms with van der Waals surface area (Å²) < 4.78 is 5.37. The van der Waals surface area contributed by atoms with Crippen LogP contribution in [-0.2, 0) is 9.53 Å². The van der Waals surface area contributed by atoms with Crippen molar-refractivity contribution in [3.63, 3.8) is 0 Å². The molecular formula is C21H30N4O3S. The molecule has 0 bridgehead atoms. The number of hydrogen-bond donors (Lipinski definition) is 1. The van der Waals surface area contributed by atoms with Gasteiger partial charge in [0.2, 0.25) is 0 Å². The lowest BCUT2D eigenvalue weighted by Crippen LogP contribution is -2.45. The van der Waals surface area contributed by atoms with Crippen molar-refractivity contribution in [2.75, 3.05) is 47.4 Å². The maximum absolute atomic E-state index is 12.9. The van der Waals surface area contributed by atoms with Crippen LogP contribution in [0.25, 0.3) is 10.2 Å². The zero-order valence-corrected chi connectivity index (χ0v) is 18.6. The van der Waals surface area contributed by atoms with Gasteiger partial charge in [0.15, 0.2) is 0 Å². The first-order valence-corrected chi connectivity index (χ1v) is 10.7. The zero-order valence-electron chi connectivity index (χ0n) is 17.8. The number of ether oxygens (including phenoxy) is 1. The van der Waals surface area contributed by atoms with Crippen LogP contribution >= 0.6 is 11.3 Å². The van der Waals surface area contributed by atoms with Gasteiger partial charge in [0, 0.05) is 50.8 Å². The van der Waals surface area contributed by atoms with Crippen LogP contribution in [0, 0.1) is 0 Å². The third-order valence-electron chi connectivity index (χ3n) is 5.46. The number of carbonyl (C=O) groups is 2. The molecule has 3 rings (SSSR count). The topological polar surface area (TPSA) is 74.8 Å². The third kappa shape index (κ3) is 4.60. The lowest BCUT2D eigenvalue weighted by atomic mass is 9.95. The third-order valence-corrected chi connectivity index (χ3v) is 6.59. The summed E-state index contributed by atoms with van der Waals surface area (Å²) in [5.74, 6) is 0.0307. The molecule has 2 aromatic rings. The van der Waals surface area contributed by atoms with Gasteiger partial charge in [0.05, 0.1) is 4.88 Å². The van der Waals surface area contributed by atoms with Crippen molar-refractivity contribution < 1.29 is 14.3 Å². The molecule has 1 saturated heterocycles. The summed E-state index contributed by atoms with van der Waals surface area (Å²) >= 11 is 1.43. The Bertz CT molecular complexity index is 893. The van der Waals surface area contributed by atoms with Gasteiger partial charge < -0.3 is 19.9 Å². The van der Waals surface area contributed by atoms with E-state index in [4.69, 9.17) is 4.74 Å². The number of methoxy groups -OCH3 is 1. The van der Waals surface area contributed by atoms with Gasteiger partial charge in [-0.05, 0) is 46.0 Å². The smallest absolute Gasteiger partial charge is 0.261 e. The number of carbonyl (C=O) groups excluding carboxylic acids is 2. The molecule has 0 spiro atoms. The van der Waals surface area contributed by atoms with Crippen molar-refractivity contribution in [3.05, 3.63) is 28.8 Å². The second-order valence-corrected chi connectivity index (χ2v) is 9.21. The van der Waals surface area contributed by atoms with E-state index < -0.39 is 5.60 Å². The molecule has 1 unspecified atom stereocenters. The maximum Gasteiger partial charge on any atom is 0.261 e. The van der Waals surface area contributed by atoms with Gasteiger partial charge in [-0.2, -0.15) is 0 Å². The number of nitrogens with zero attached hydrogens (tertiary/aromatic N) is 3. The van der Waals surface area contributed by atoms with E-state index in [1.54, 1.807) is 27.2 Å². The van der Waals surface area contributed by atoms with E-state index in [1.165, 1.54) is 11.3 Å². The van der Waals surface area contributed by atoms with E-state index in [1.807, 2.05) is 36.0 Å². The molecule has 1 N–H and O–H groups in total. The van der Waals surface area contributed by atoms with Crippen LogP contribution in [0.3, 0.4) is 0 Å². The normalized spacial score (nSPS) is 17.3. The summed E-state index contributed by atoms with van der Waals surface area (Å²) in [4.78, 5) is 35.7. The van der Waals surface area contributed by atoms with Crippen LogP contribution in [0.4, 0.5) is 0 Å². The fourth-order valence-corrected chi connectivity index (χ4v) is 4.79. The minimum atomic E-state index is -0.848. The molecular weight excluding hydrogens is 388 g/mol. The van der Waals surface area contributed by atoms with Gasteiger partial charge in [0.25, 0.3) is 11.8 Å². The molecule has 1 aliphatic heterocycles. The summed E-state index contributed by atoms with van der Waals surface area (Å²) in [6.07, 6.45) is 2.58. The highest BCUT2D eigenvalue weighted by molar-refractivity contribution is 7.20. The van der Waals surface area contributed by atoms with E-state index in [-0.39, 0.29) is 17.7 Å². The largest absolute Gasteiger partial charge is 0.369 e. The average Bonchev–Trinajstić information content (AvgIpc) is 3.31. The Hall–Kier alpha value is -2.03. The molecule has 8 heteroatoms. The van der Waals surface area contributed by atoms with Gasteiger partial charge in [-0.3, -0.25) is 9.59 Å². The number of amides is 2. The molecule has 1 aliphatic rings. The number of thiophene rings is 1. The van der Waals surface area contributed by atoms with Crippen molar-refractivity contribution >= 4 is 33.4 Å². The van der Waals surface area contributed by atoms with Gasteiger partial charge in [0.1, 0.15) is 10.4 Å². The molecule has 158 valence electrons. The standard InChI is InChI=1S/C21H30N4O3S/c1-21(2,28-5)20(27)25-11-8-14(13-25)16-15-7-6-9-23-19(15)29-17(16)18(26)22-10-12-24(3)4/h6-7,9,14H,8,10-13H2,1-5H3,(H,22,26). The first-order chi connectivity index (χ1) is 13.7. The minimum absolute atomic E-state index is 0.0165. The van der Waals surface area contributed by atoms with E-state index in [9.17, 15) is 9.59 Å². The van der Waals surface area contributed by atoms with Crippen molar-refractivity contribution in [1.29, 1.82) is 0 Å². The number of hydrogen-bond acceptors (Lipinski definition) is 6. The van der Waals surface area contributed by atoms with E-state index in [2.05, 4.69) is 10.3 Å². The fourth-order valence-electron chi connectivity index (χ4n) is 3.65. The molecule has 0 aliphatic carbocycles. The second kappa shape index (κ2) is 8.77. The Morgan fingerprint density at radius 1 is 1.41 bits per heavy atom. The predicted octanol–water partition coefficient (Wildman–Crippen LogP) is 2.33. The van der Waals surface area contributed by atoms with Gasteiger partial charge in [-0.15, -0.1) is 11.3 Å². The Balaban J connectivity index is 1.87. The molecule has 29 heavy (non-hydrogen) atoms. The van der Waals surface area contributed by atoms with Gasteiger partial charge in [-0.25, -0.2) is 4.98 Å². The van der Waals surface area contributed by atoms with Crippen LogP contribution in [0.15, 0.2) is 18.3 Å². The summed E-state index contributed by atoms with van der Waals surface area (Å²) in [6.45, 7) is 6.19. The van der Waals surface area contributed by atoms with Gasteiger partial charge >= 0.3 is 0 Å². The summed E-state index contributed by atoms with van der Waals surface area (Å²) in [5.41, 5.74) is 0.172. The van der Waals surface area contributed by atoms with Gasteiger partial charge in [-0.1, -0.05) is 6.07 Å². The predicted molar refractivity (Wildman–Crippen MR) is 116 cm³/mol. The number of pyridine rings is 1. The molecule has 0 saturated carbocycles. The van der Waals surface area contributed by atoms with Crippen molar-refractivity contribution in [1.82, 2.24) is 20.1 Å². The number of nitrogens with one attached hydrogen (secondary N) is 1. The number of fused-ring (bicyclic) bond motifs is 1. The molecule has 2 aromatic heterocycles. The molecule has 2 amide bonds. The highest BCUT2D eigenvalue weighted by Gasteiger charge is 2.38. The van der Waals surface area contributed by atoms with Crippen molar-refractivity contribution in [3.8, 4) is 0 Å². The van der Waals surface area contributed by atoms with Crippen LogP contribution in [0.5, 0.6) is 0 Å². The van der Waals surface area contributed by atoms with Crippen LogP contribution in [0.1, 0.15) is 41.4 Å². The lowest BCUT2D eigenvalue weighted by molar-refractivity contribution is -0.149. The Labute approximate surface area is 176 Å². The molecule has 1 atom stereocenters. The molecule has 0 radical (unpaired) electrons. The quantitative estimate of drug-likeness (QED) is 0.747. The first kappa shape index (κ1) is 21.7. The Morgan fingerprint density at radius 2 is 2.17 bits per heavy atom. The average molecular weight is 419 g/mol. The Morgan fingerprint density at radius 3 is 2.86 bits per heavy atom. The van der Waals surface area contributed by atoms with Crippen molar-refractivity contribution in [2.24, 2.45) is 0 Å². The van der Waals surface area contributed by atoms with E-state index in [0.717, 1.165) is 28.7 Å². The van der Waals surface area contributed by atoms with Crippen molar-refractivity contribution in [2.45, 2.75) is 31.8 Å². The van der Waals surface area contributed by atoms with Crippen LogP contribution < -0.4 is 5.32 Å². The van der Waals surface area contributed by atoms with E-state index >= 15 is 0 Å². The zero-order chi connectivity index (χ0) is 21.2. The van der Waals surface area contributed by atoms with E-state index in [0.29, 0.717) is 24.5 Å². The molecule has 3 heterocycles. The minimum Gasteiger partial charge on any atom is -0.369 e. The summed E-state index contributed by atoms with van der Waals surface area (Å²) in [7, 11) is 5.51. The van der Waals surface area contributed by atoms with Crippen LogP contribution in [0.2, 0.25) is 0 Å². The highest BCUT2D eigenvalue weighted by atomic mass is 32.1. The maximum atomic E-state index is 12.9. The molecule has 0 aromatic carbocycles. The number of aromatic nitrogens is 1. The fraction of sp³-hybridized carbons (Fsp3) is 0.571. The van der Waals surface area contributed by atoms with Crippen LogP contribution in [-0.4, -0.2) is 79.6 Å². The summed E-state index contributed by atoms with van der Waals surface area (Å²) in [5, 5.41) is 4.04. The highest BCUT2D eigenvalue weighted by Crippen LogP contribution is 2.39. The SMILES string of the molecule is COC(C)(C)C(=O)N1CCC(c2c(C(=O)NCCN(C)C)sc3ncccc23)C1.